The Morgan fingerprint density at radius 3 is 2.65 bits per heavy atom. The van der Waals surface area contributed by atoms with Gasteiger partial charge < -0.3 is 15.2 Å². The first kappa shape index (κ1) is 14.7. The average molecular weight is 292 g/mol. The first-order valence-electron chi connectivity index (χ1n) is 6.58. The molecule has 0 aromatic heterocycles. The van der Waals surface area contributed by atoms with Gasteiger partial charge in [-0.05, 0) is 36.8 Å². The van der Waals surface area contributed by atoms with Crippen LogP contribution in [0.5, 0.6) is 5.75 Å². The van der Waals surface area contributed by atoms with Gasteiger partial charge in [0, 0.05) is 22.8 Å². The van der Waals surface area contributed by atoms with Crippen LogP contribution in [0.1, 0.15) is 18.1 Å². The summed E-state index contributed by atoms with van der Waals surface area (Å²) >= 11 is 6.12. The van der Waals surface area contributed by atoms with Crippen molar-refractivity contribution < 1.29 is 9.84 Å². The van der Waals surface area contributed by atoms with Crippen LogP contribution in [0.4, 0.5) is 5.69 Å². The van der Waals surface area contributed by atoms with Crippen molar-refractivity contribution in [2.45, 2.75) is 20.1 Å². The number of hydrogen-bond donors (Lipinski definition) is 2. The largest absolute Gasteiger partial charge is 0.494 e. The number of ether oxygens (including phenoxy) is 1. The minimum absolute atomic E-state index is 0.0447. The van der Waals surface area contributed by atoms with Crippen molar-refractivity contribution in [2.24, 2.45) is 0 Å². The second-order valence-electron chi connectivity index (χ2n) is 4.36. The smallest absolute Gasteiger partial charge is 0.124 e. The lowest BCUT2D eigenvalue weighted by atomic mass is 10.1. The van der Waals surface area contributed by atoms with Crippen LogP contribution >= 0.6 is 11.6 Å². The molecule has 20 heavy (non-hydrogen) atoms. The van der Waals surface area contributed by atoms with Crippen molar-refractivity contribution in [3.63, 3.8) is 0 Å². The van der Waals surface area contributed by atoms with Gasteiger partial charge in [0.25, 0.3) is 0 Å². The van der Waals surface area contributed by atoms with Gasteiger partial charge in [-0.15, -0.1) is 0 Å². The van der Waals surface area contributed by atoms with Gasteiger partial charge in [0.2, 0.25) is 0 Å². The second-order valence-corrected chi connectivity index (χ2v) is 4.77. The quantitative estimate of drug-likeness (QED) is 0.849. The lowest BCUT2D eigenvalue weighted by Gasteiger charge is -2.12. The summed E-state index contributed by atoms with van der Waals surface area (Å²) in [6, 6.07) is 13.4. The Morgan fingerprint density at radius 2 is 1.95 bits per heavy atom. The van der Waals surface area contributed by atoms with E-state index in [0.717, 1.165) is 27.6 Å². The van der Waals surface area contributed by atoms with Gasteiger partial charge in [-0.25, -0.2) is 0 Å². The second kappa shape index (κ2) is 7.17. The Labute approximate surface area is 124 Å². The van der Waals surface area contributed by atoms with Crippen LogP contribution in [-0.2, 0) is 13.2 Å². The maximum Gasteiger partial charge on any atom is 0.124 e. The zero-order chi connectivity index (χ0) is 14.4. The number of halogens is 1. The van der Waals surface area contributed by atoms with E-state index in [9.17, 15) is 5.11 Å². The van der Waals surface area contributed by atoms with Crippen LogP contribution in [0.3, 0.4) is 0 Å². The van der Waals surface area contributed by atoms with Crippen molar-refractivity contribution in [1.82, 2.24) is 0 Å². The Bertz CT molecular complexity index is 572. The SMILES string of the molecule is CCOc1ccc(NCc2ccccc2Cl)cc1CO. The summed E-state index contributed by atoms with van der Waals surface area (Å²) in [5.41, 5.74) is 2.74. The molecule has 0 atom stereocenters. The summed E-state index contributed by atoms with van der Waals surface area (Å²) in [6.07, 6.45) is 0. The maximum atomic E-state index is 9.37. The predicted molar refractivity (Wildman–Crippen MR) is 82.3 cm³/mol. The van der Waals surface area contributed by atoms with E-state index in [-0.39, 0.29) is 6.61 Å². The monoisotopic (exact) mass is 291 g/mol. The number of aliphatic hydroxyl groups is 1. The Hall–Kier alpha value is -1.71. The summed E-state index contributed by atoms with van der Waals surface area (Å²) in [7, 11) is 0. The molecule has 0 aliphatic heterocycles. The molecule has 3 nitrogen and oxygen atoms in total. The molecule has 0 radical (unpaired) electrons. The Balaban J connectivity index is 2.08. The summed E-state index contributed by atoms with van der Waals surface area (Å²) in [6.45, 7) is 3.10. The van der Waals surface area contributed by atoms with Gasteiger partial charge in [-0.3, -0.25) is 0 Å². The molecule has 0 saturated carbocycles. The van der Waals surface area contributed by atoms with Crippen LogP contribution < -0.4 is 10.1 Å². The minimum atomic E-state index is -0.0447. The fraction of sp³-hybridized carbons (Fsp3) is 0.250. The molecule has 0 amide bonds. The summed E-state index contributed by atoms with van der Waals surface area (Å²) in [4.78, 5) is 0. The van der Waals surface area contributed by atoms with Gasteiger partial charge in [-0.2, -0.15) is 0 Å². The van der Waals surface area contributed by atoms with Crippen LogP contribution in [0.2, 0.25) is 5.02 Å². The molecule has 2 aromatic carbocycles. The number of rotatable bonds is 6. The number of benzene rings is 2. The fourth-order valence-corrected chi connectivity index (χ4v) is 2.15. The van der Waals surface area contributed by atoms with Crippen molar-refractivity contribution in [2.75, 3.05) is 11.9 Å². The zero-order valence-electron chi connectivity index (χ0n) is 11.4. The number of aliphatic hydroxyl groups excluding tert-OH is 1. The van der Waals surface area contributed by atoms with E-state index in [0.29, 0.717) is 13.2 Å². The minimum Gasteiger partial charge on any atom is -0.494 e. The average Bonchev–Trinajstić information content (AvgIpc) is 2.48. The van der Waals surface area contributed by atoms with E-state index in [1.54, 1.807) is 0 Å². The van der Waals surface area contributed by atoms with E-state index in [1.807, 2.05) is 49.4 Å². The first-order chi connectivity index (χ1) is 9.74. The Morgan fingerprint density at radius 1 is 1.15 bits per heavy atom. The molecular formula is C16H18ClNO2. The normalized spacial score (nSPS) is 10.3. The lowest BCUT2D eigenvalue weighted by Crippen LogP contribution is -2.02. The van der Waals surface area contributed by atoms with E-state index in [2.05, 4.69) is 5.32 Å². The van der Waals surface area contributed by atoms with Crippen LogP contribution in [0, 0.1) is 0 Å². The highest BCUT2D eigenvalue weighted by molar-refractivity contribution is 6.31. The summed E-state index contributed by atoms with van der Waals surface area (Å²) in [5, 5.41) is 13.4. The molecule has 0 spiro atoms. The first-order valence-corrected chi connectivity index (χ1v) is 6.96. The molecule has 2 N–H and O–H groups in total. The van der Waals surface area contributed by atoms with Gasteiger partial charge in [0.15, 0.2) is 0 Å². The molecule has 2 aromatic rings. The van der Waals surface area contributed by atoms with Crippen molar-refractivity contribution in [1.29, 1.82) is 0 Å². The van der Waals surface area contributed by atoms with E-state index in [4.69, 9.17) is 16.3 Å². The number of anilines is 1. The third kappa shape index (κ3) is 3.65. The maximum absolute atomic E-state index is 9.37. The topological polar surface area (TPSA) is 41.5 Å². The van der Waals surface area contributed by atoms with E-state index >= 15 is 0 Å². The molecule has 0 saturated heterocycles. The molecule has 0 unspecified atom stereocenters. The highest BCUT2D eigenvalue weighted by Crippen LogP contribution is 2.24. The molecule has 106 valence electrons. The van der Waals surface area contributed by atoms with Gasteiger partial charge in [-0.1, -0.05) is 29.8 Å². The van der Waals surface area contributed by atoms with E-state index in [1.165, 1.54) is 0 Å². The highest BCUT2D eigenvalue weighted by Gasteiger charge is 2.05. The Kier molecular flexibility index (Phi) is 5.27. The molecule has 2 rings (SSSR count). The fourth-order valence-electron chi connectivity index (χ4n) is 1.95. The standard InChI is InChI=1S/C16H18ClNO2/c1-2-20-16-8-7-14(9-13(16)11-19)18-10-12-5-3-4-6-15(12)17/h3-9,18-19H,2,10-11H2,1H3. The van der Waals surface area contributed by atoms with Gasteiger partial charge in [0.05, 0.1) is 13.2 Å². The van der Waals surface area contributed by atoms with Gasteiger partial charge in [0.1, 0.15) is 5.75 Å². The van der Waals surface area contributed by atoms with E-state index < -0.39 is 0 Å². The molecule has 0 aliphatic rings. The molecule has 0 heterocycles. The molecule has 4 heteroatoms. The highest BCUT2D eigenvalue weighted by atomic mass is 35.5. The molecular weight excluding hydrogens is 274 g/mol. The van der Waals surface area contributed by atoms with Crippen molar-refractivity contribution in [3.05, 3.63) is 58.6 Å². The van der Waals surface area contributed by atoms with Crippen LogP contribution in [0.15, 0.2) is 42.5 Å². The lowest BCUT2D eigenvalue weighted by molar-refractivity contribution is 0.267. The van der Waals surface area contributed by atoms with Gasteiger partial charge >= 0.3 is 0 Å². The molecule has 0 bridgehead atoms. The number of nitrogens with one attached hydrogen (secondary N) is 1. The predicted octanol–water partition coefficient (Wildman–Crippen LogP) is 3.84. The third-order valence-electron chi connectivity index (χ3n) is 2.97. The number of hydrogen-bond acceptors (Lipinski definition) is 3. The van der Waals surface area contributed by atoms with Crippen LogP contribution in [-0.4, -0.2) is 11.7 Å². The van der Waals surface area contributed by atoms with Crippen molar-refractivity contribution >= 4 is 17.3 Å². The zero-order valence-corrected chi connectivity index (χ0v) is 12.2. The van der Waals surface area contributed by atoms with Crippen molar-refractivity contribution in [3.8, 4) is 5.75 Å². The molecule has 0 fully saturated rings. The van der Waals surface area contributed by atoms with Crippen LogP contribution in [0.25, 0.3) is 0 Å². The summed E-state index contributed by atoms with van der Waals surface area (Å²) in [5.74, 6) is 0.721. The third-order valence-corrected chi connectivity index (χ3v) is 3.34. The summed E-state index contributed by atoms with van der Waals surface area (Å²) < 4.78 is 5.46. The molecule has 0 aliphatic carbocycles.